The Hall–Kier alpha value is -3.29. The van der Waals surface area contributed by atoms with Gasteiger partial charge >= 0.3 is 0 Å². The number of carbonyl (C=O) groups excluding carboxylic acids is 1. The normalized spacial score (nSPS) is 16.4. The Bertz CT molecular complexity index is 1120. The Morgan fingerprint density at radius 1 is 1.21 bits per heavy atom. The van der Waals surface area contributed by atoms with Gasteiger partial charge in [-0.1, -0.05) is 6.07 Å². The first kappa shape index (κ1) is 19.0. The molecule has 0 bridgehead atoms. The van der Waals surface area contributed by atoms with Crippen molar-refractivity contribution in [2.24, 2.45) is 0 Å². The lowest BCUT2D eigenvalue weighted by Crippen LogP contribution is -2.30. The summed E-state index contributed by atoms with van der Waals surface area (Å²) in [6.45, 7) is 3.11. The predicted molar refractivity (Wildman–Crippen MR) is 108 cm³/mol. The van der Waals surface area contributed by atoms with Crippen LogP contribution in [0.4, 0.5) is 0 Å². The van der Waals surface area contributed by atoms with Crippen LogP contribution in [0.15, 0.2) is 35.1 Å². The molecule has 1 fully saturated rings. The zero-order chi connectivity index (χ0) is 20.5. The number of fused-ring (bicyclic) bond motifs is 1. The van der Waals surface area contributed by atoms with Crippen molar-refractivity contribution in [1.82, 2.24) is 19.5 Å². The van der Waals surface area contributed by atoms with E-state index in [1.807, 2.05) is 29.2 Å². The van der Waals surface area contributed by atoms with Crippen molar-refractivity contribution in [2.45, 2.75) is 25.7 Å². The second-order valence-electron chi connectivity index (χ2n) is 7.33. The molecule has 0 radical (unpaired) electrons. The highest BCUT2D eigenvalue weighted by Crippen LogP contribution is 2.29. The van der Waals surface area contributed by atoms with E-state index < -0.39 is 0 Å². The number of methoxy groups -OCH3 is 2. The van der Waals surface area contributed by atoms with Gasteiger partial charge in [0.05, 0.1) is 20.6 Å². The van der Waals surface area contributed by atoms with Gasteiger partial charge in [-0.25, -0.2) is 9.50 Å². The third-order valence-corrected chi connectivity index (χ3v) is 5.38. The van der Waals surface area contributed by atoms with Crippen LogP contribution in [0.5, 0.6) is 11.5 Å². The van der Waals surface area contributed by atoms with Gasteiger partial charge in [-0.15, -0.1) is 0 Å². The van der Waals surface area contributed by atoms with Gasteiger partial charge in [0, 0.05) is 42.5 Å². The number of nitrogens with zero attached hydrogens (tertiary/aromatic N) is 3. The number of carbonyl (C=O) groups is 1. The molecule has 1 amide bonds. The summed E-state index contributed by atoms with van der Waals surface area (Å²) in [5.41, 5.74) is 2.99. The van der Waals surface area contributed by atoms with Crippen LogP contribution in [-0.2, 0) is 11.2 Å². The molecular weight excluding hydrogens is 372 g/mol. The minimum atomic E-state index is -0.127. The van der Waals surface area contributed by atoms with Gasteiger partial charge in [-0.3, -0.25) is 14.7 Å². The number of aromatic amines is 1. The van der Waals surface area contributed by atoms with Crippen molar-refractivity contribution in [3.05, 3.63) is 57.6 Å². The first-order valence-corrected chi connectivity index (χ1v) is 9.56. The number of nitrogens with one attached hydrogen (secondary N) is 1. The van der Waals surface area contributed by atoms with Crippen LogP contribution in [-0.4, -0.2) is 52.7 Å². The van der Waals surface area contributed by atoms with E-state index in [2.05, 4.69) is 10.1 Å². The molecule has 152 valence electrons. The topological polar surface area (TPSA) is 88.9 Å². The van der Waals surface area contributed by atoms with E-state index in [1.54, 1.807) is 21.1 Å². The summed E-state index contributed by atoms with van der Waals surface area (Å²) in [5.74, 6) is 1.49. The molecule has 1 aliphatic rings. The van der Waals surface area contributed by atoms with Crippen LogP contribution in [0.25, 0.3) is 5.65 Å². The van der Waals surface area contributed by atoms with Crippen LogP contribution in [0.1, 0.15) is 29.3 Å². The fourth-order valence-corrected chi connectivity index (χ4v) is 3.86. The summed E-state index contributed by atoms with van der Waals surface area (Å²) >= 11 is 0. The second kappa shape index (κ2) is 7.62. The van der Waals surface area contributed by atoms with Crippen LogP contribution < -0.4 is 15.0 Å². The Kier molecular flexibility index (Phi) is 5.00. The minimum Gasteiger partial charge on any atom is -0.493 e. The summed E-state index contributed by atoms with van der Waals surface area (Å²) in [6, 6.07) is 8.93. The van der Waals surface area contributed by atoms with Gasteiger partial charge in [0.1, 0.15) is 0 Å². The van der Waals surface area contributed by atoms with Gasteiger partial charge in [0.25, 0.3) is 5.56 Å². The maximum Gasteiger partial charge on any atom is 0.272 e. The first-order chi connectivity index (χ1) is 14.0. The number of hydrogen-bond acceptors (Lipinski definition) is 5. The van der Waals surface area contributed by atoms with E-state index in [0.29, 0.717) is 42.4 Å². The zero-order valence-electron chi connectivity index (χ0n) is 16.8. The van der Waals surface area contributed by atoms with Gasteiger partial charge in [0.2, 0.25) is 5.91 Å². The molecule has 2 aromatic heterocycles. The molecule has 8 heteroatoms. The molecular formula is C21H24N4O4. The van der Waals surface area contributed by atoms with E-state index in [0.717, 1.165) is 17.7 Å². The predicted octanol–water partition coefficient (Wildman–Crippen LogP) is 1.91. The Labute approximate surface area is 168 Å². The minimum absolute atomic E-state index is 0.0713. The lowest BCUT2D eigenvalue weighted by molar-refractivity contribution is -0.129. The van der Waals surface area contributed by atoms with Crippen molar-refractivity contribution >= 4 is 11.6 Å². The van der Waals surface area contributed by atoms with Crippen LogP contribution in [0.3, 0.4) is 0 Å². The lowest BCUT2D eigenvalue weighted by atomic mass is 10.1. The summed E-state index contributed by atoms with van der Waals surface area (Å²) in [7, 11) is 3.17. The number of aromatic nitrogens is 3. The van der Waals surface area contributed by atoms with Crippen LogP contribution >= 0.6 is 0 Å². The maximum atomic E-state index is 12.8. The summed E-state index contributed by atoms with van der Waals surface area (Å²) in [4.78, 5) is 31.2. The van der Waals surface area contributed by atoms with E-state index >= 15 is 0 Å². The fraction of sp³-hybridized carbons (Fsp3) is 0.381. The quantitative estimate of drug-likeness (QED) is 0.712. The Morgan fingerprint density at radius 3 is 2.76 bits per heavy atom. The molecule has 3 heterocycles. The molecule has 29 heavy (non-hydrogen) atoms. The van der Waals surface area contributed by atoms with Crippen LogP contribution in [0, 0.1) is 6.92 Å². The largest absolute Gasteiger partial charge is 0.493 e. The Morgan fingerprint density at radius 2 is 2.00 bits per heavy atom. The van der Waals surface area contributed by atoms with Gasteiger partial charge in [-0.05, 0) is 31.0 Å². The van der Waals surface area contributed by atoms with Crippen molar-refractivity contribution in [1.29, 1.82) is 0 Å². The van der Waals surface area contributed by atoms with Crippen molar-refractivity contribution in [3.63, 3.8) is 0 Å². The monoisotopic (exact) mass is 396 g/mol. The molecule has 1 atom stereocenters. The third-order valence-electron chi connectivity index (χ3n) is 5.38. The molecule has 1 saturated heterocycles. The molecule has 8 nitrogen and oxygen atoms in total. The van der Waals surface area contributed by atoms with E-state index in [1.165, 1.54) is 10.6 Å². The summed E-state index contributed by atoms with van der Waals surface area (Å²) in [6.07, 6.45) is 1.15. The van der Waals surface area contributed by atoms with E-state index in [4.69, 9.17) is 9.47 Å². The fourth-order valence-electron chi connectivity index (χ4n) is 3.86. The molecule has 1 N–H and O–H groups in total. The highest BCUT2D eigenvalue weighted by atomic mass is 16.5. The number of hydrogen-bond donors (Lipinski definition) is 1. The smallest absolute Gasteiger partial charge is 0.272 e. The molecule has 1 unspecified atom stereocenters. The third kappa shape index (κ3) is 3.70. The summed E-state index contributed by atoms with van der Waals surface area (Å²) < 4.78 is 12.0. The van der Waals surface area contributed by atoms with E-state index in [-0.39, 0.29) is 17.4 Å². The number of ether oxygens (including phenoxy) is 2. The Balaban J connectivity index is 1.46. The number of amides is 1. The van der Waals surface area contributed by atoms with Crippen molar-refractivity contribution in [3.8, 4) is 11.5 Å². The SMILES string of the molecule is COc1ccc(CC(=O)N2CCC(c3cc4nc(C)cc(=O)n4[nH]3)C2)cc1OC. The highest BCUT2D eigenvalue weighted by molar-refractivity contribution is 5.79. The number of rotatable bonds is 5. The maximum absolute atomic E-state index is 12.8. The zero-order valence-corrected chi connectivity index (χ0v) is 16.8. The van der Waals surface area contributed by atoms with Crippen molar-refractivity contribution < 1.29 is 14.3 Å². The highest BCUT2D eigenvalue weighted by Gasteiger charge is 2.29. The van der Waals surface area contributed by atoms with E-state index in [9.17, 15) is 9.59 Å². The average Bonchev–Trinajstić information content (AvgIpc) is 3.35. The number of aryl methyl sites for hydroxylation is 1. The number of likely N-dealkylation sites (tertiary alicyclic amines) is 1. The van der Waals surface area contributed by atoms with Crippen molar-refractivity contribution in [2.75, 3.05) is 27.3 Å². The molecule has 3 aromatic rings. The first-order valence-electron chi connectivity index (χ1n) is 9.56. The average molecular weight is 396 g/mol. The van der Waals surface area contributed by atoms with Gasteiger partial charge < -0.3 is 14.4 Å². The number of benzene rings is 1. The molecule has 0 aliphatic carbocycles. The van der Waals surface area contributed by atoms with Gasteiger partial charge in [0.15, 0.2) is 17.1 Å². The van der Waals surface area contributed by atoms with Gasteiger partial charge in [-0.2, -0.15) is 0 Å². The second-order valence-corrected chi connectivity index (χ2v) is 7.33. The molecule has 1 aromatic carbocycles. The standard InChI is InChI=1S/C21H24N4O4/c1-13-8-21(27)25-19(22-13)11-16(23-25)15-6-7-24(12-15)20(26)10-14-4-5-17(28-2)18(9-14)29-3/h4-5,8-9,11,15,23H,6-7,10,12H2,1-3H3. The van der Waals surface area contributed by atoms with Crippen LogP contribution in [0.2, 0.25) is 0 Å². The molecule has 1 aliphatic heterocycles. The summed E-state index contributed by atoms with van der Waals surface area (Å²) in [5, 5.41) is 3.14. The molecule has 0 saturated carbocycles. The lowest BCUT2D eigenvalue weighted by Gasteiger charge is -2.17. The molecule has 4 rings (SSSR count). The molecule has 0 spiro atoms. The number of H-pyrrole nitrogens is 1.